The van der Waals surface area contributed by atoms with Gasteiger partial charge in [0.25, 0.3) is 11.8 Å². The standard InChI is InChI=1S/C18H12N6O2/c1-11(24-17(25)13-4-2-3-5-14(13)18(24)26)15-16(21-7-6-20-15)23-10-12(8-19)9-22-23/h2-7,9-11H,1H3. The largest absolute Gasteiger partial charge is 0.269 e. The maximum Gasteiger partial charge on any atom is 0.262 e. The van der Waals surface area contributed by atoms with Crippen molar-refractivity contribution in [3.63, 3.8) is 0 Å². The lowest BCUT2D eigenvalue weighted by molar-refractivity contribution is 0.0592. The summed E-state index contributed by atoms with van der Waals surface area (Å²) in [6, 6.07) is 8.05. The van der Waals surface area contributed by atoms with Crippen molar-refractivity contribution in [1.29, 1.82) is 5.26 Å². The Kier molecular flexibility index (Phi) is 3.55. The molecule has 4 rings (SSSR count). The molecule has 1 aliphatic rings. The molecule has 26 heavy (non-hydrogen) atoms. The Morgan fingerprint density at radius 1 is 1.08 bits per heavy atom. The Bertz CT molecular complexity index is 1050. The second kappa shape index (κ2) is 5.89. The highest BCUT2D eigenvalue weighted by molar-refractivity contribution is 6.21. The summed E-state index contributed by atoms with van der Waals surface area (Å²) in [6.45, 7) is 1.71. The number of hydrogen-bond donors (Lipinski definition) is 0. The fourth-order valence-corrected chi connectivity index (χ4v) is 2.99. The Morgan fingerprint density at radius 3 is 2.35 bits per heavy atom. The first-order valence-electron chi connectivity index (χ1n) is 7.84. The summed E-state index contributed by atoms with van der Waals surface area (Å²) in [5, 5.41) is 13.1. The quantitative estimate of drug-likeness (QED) is 0.672. The van der Waals surface area contributed by atoms with Gasteiger partial charge < -0.3 is 0 Å². The molecule has 1 aliphatic heterocycles. The fraction of sp³-hybridized carbons (Fsp3) is 0.111. The number of carbonyl (C=O) groups is 2. The molecule has 0 spiro atoms. The van der Waals surface area contributed by atoms with Gasteiger partial charge >= 0.3 is 0 Å². The van der Waals surface area contributed by atoms with E-state index in [1.165, 1.54) is 34.4 Å². The monoisotopic (exact) mass is 344 g/mol. The summed E-state index contributed by atoms with van der Waals surface area (Å²) in [4.78, 5) is 35.2. The number of nitriles is 1. The Balaban J connectivity index is 1.77. The van der Waals surface area contributed by atoms with Crippen LogP contribution in [-0.4, -0.2) is 36.5 Å². The van der Waals surface area contributed by atoms with Gasteiger partial charge in [-0.1, -0.05) is 12.1 Å². The first-order valence-corrected chi connectivity index (χ1v) is 7.84. The van der Waals surface area contributed by atoms with Crippen molar-refractivity contribution in [1.82, 2.24) is 24.6 Å². The molecule has 2 aromatic heterocycles. The Morgan fingerprint density at radius 2 is 1.73 bits per heavy atom. The molecule has 0 N–H and O–H groups in total. The van der Waals surface area contributed by atoms with Crippen LogP contribution in [0, 0.1) is 11.3 Å². The number of hydrogen-bond acceptors (Lipinski definition) is 6. The number of aromatic nitrogens is 4. The van der Waals surface area contributed by atoms with Gasteiger partial charge in [-0.2, -0.15) is 10.4 Å². The Labute approximate surface area is 148 Å². The first-order chi connectivity index (χ1) is 12.6. The third kappa shape index (κ3) is 2.26. The topological polar surface area (TPSA) is 105 Å². The predicted molar refractivity (Wildman–Crippen MR) is 89.2 cm³/mol. The number of amides is 2. The lowest BCUT2D eigenvalue weighted by Crippen LogP contribution is -2.33. The van der Waals surface area contributed by atoms with Crippen LogP contribution >= 0.6 is 0 Å². The third-order valence-corrected chi connectivity index (χ3v) is 4.24. The van der Waals surface area contributed by atoms with E-state index < -0.39 is 6.04 Å². The van der Waals surface area contributed by atoms with Crippen LogP contribution in [-0.2, 0) is 0 Å². The van der Waals surface area contributed by atoms with Crippen LogP contribution in [0.4, 0.5) is 0 Å². The number of fused-ring (bicyclic) bond motifs is 1. The SMILES string of the molecule is CC(c1nccnc1-n1cc(C#N)cn1)N1C(=O)c2ccccc2C1=O. The van der Waals surface area contributed by atoms with Crippen molar-refractivity contribution in [2.45, 2.75) is 13.0 Å². The zero-order chi connectivity index (χ0) is 18.3. The smallest absolute Gasteiger partial charge is 0.262 e. The van der Waals surface area contributed by atoms with E-state index in [0.29, 0.717) is 28.2 Å². The van der Waals surface area contributed by atoms with Gasteiger partial charge in [-0.05, 0) is 19.1 Å². The molecule has 2 amide bonds. The van der Waals surface area contributed by atoms with Gasteiger partial charge in [0.2, 0.25) is 0 Å². The third-order valence-electron chi connectivity index (χ3n) is 4.24. The van der Waals surface area contributed by atoms with E-state index in [-0.39, 0.29) is 11.8 Å². The summed E-state index contributed by atoms with van der Waals surface area (Å²) in [7, 11) is 0. The molecule has 1 atom stereocenters. The molecule has 8 nitrogen and oxygen atoms in total. The molecule has 3 heterocycles. The van der Waals surface area contributed by atoms with Crippen molar-refractivity contribution >= 4 is 11.8 Å². The van der Waals surface area contributed by atoms with E-state index in [4.69, 9.17) is 5.26 Å². The highest BCUT2D eigenvalue weighted by atomic mass is 16.2. The summed E-state index contributed by atoms with van der Waals surface area (Å²) in [6.07, 6.45) is 5.90. The van der Waals surface area contributed by atoms with Crippen LogP contribution in [0.2, 0.25) is 0 Å². The number of imide groups is 1. The maximum absolute atomic E-state index is 12.7. The van der Waals surface area contributed by atoms with Crippen molar-refractivity contribution in [3.8, 4) is 11.9 Å². The number of nitrogens with zero attached hydrogens (tertiary/aromatic N) is 6. The summed E-state index contributed by atoms with van der Waals surface area (Å²) < 4.78 is 1.41. The van der Waals surface area contributed by atoms with E-state index in [2.05, 4.69) is 15.1 Å². The normalized spacial score (nSPS) is 14.2. The molecule has 0 bridgehead atoms. The molecule has 0 radical (unpaired) electrons. The molecule has 0 aliphatic carbocycles. The van der Waals surface area contributed by atoms with Crippen molar-refractivity contribution in [3.05, 3.63) is 71.4 Å². The van der Waals surface area contributed by atoms with E-state index >= 15 is 0 Å². The van der Waals surface area contributed by atoms with Gasteiger partial charge in [-0.3, -0.25) is 19.5 Å². The van der Waals surface area contributed by atoms with E-state index in [1.807, 2.05) is 6.07 Å². The average molecular weight is 344 g/mol. The maximum atomic E-state index is 12.7. The number of rotatable bonds is 3. The molecule has 126 valence electrons. The fourth-order valence-electron chi connectivity index (χ4n) is 2.99. The molecule has 8 heteroatoms. The van der Waals surface area contributed by atoms with Crippen LogP contribution in [0.1, 0.15) is 44.9 Å². The van der Waals surface area contributed by atoms with Gasteiger partial charge in [-0.25, -0.2) is 9.67 Å². The van der Waals surface area contributed by atoms with Gasteiger partial charge in [-0.15, -0.1) is 0 Å². The second-order valence-corrected chi connectivity index (χ2v) is 5.75. The van der Waals surface area contributed by atoms with Crippen LogP contribution in [0.15, 0.2) is 49.1 Å². The minimum absolute atomic E-state index is 0.359. The zero-order valence-electron chi connectivity index (χ0n) is 13.7. The van der Waals surface area contributed by atoms with Crippen LogP contribution in [0.3, 0.4) is 0 Å². The number of benzene rings is 1. The van der Waals surface area contributed by atoms with E-state index in [9.17, 15) is 9.59 Å². The van der Waals surface area contributed by atoms with Gasteiger partial charge in [0, 0.05) is 12.4 Å². The van der Waals surface area contributed by atoms with Crippen LogP contribution in [0.25, 0.3) is 5.82 Å². The van der Waals surface area contributed by atoms with Crippen LogP contribution < -0.4 is 0 Å². The lowest BCUT2D eigenvalue weighted by atomic mass is 10.1. The van der Waals surface area contributed by atoms with Crippen molar-refractivity contribution < 1.29 is 9.59 Å². The van der Waals surface area contributed by atoms with Crippen LogP contribution in [0.5, 0.6) is 0 Å². The number of carbonyl (C=O) groups excluding carboxylic acids is 2. The average Bonchev–Trinajstić information content (AvgIpc) is 3.25. The molecule has 1 unspecified atom stereocenters. The molecule has 0 fully saturated rings. The minimum Gasteiger partial charge on any atom is -0.269 e. The highest BCUT2D eigenvalue weighted by Crippen LogP contribution is 2.31. The molecular formula is C18H12N6O2. The molecule has 3 aromatic rings. The van der Waals surface area contributed by atoms with Crippen molar-refractivity contribution in [2.75, 3.05) is 0 Å². The first kappa shape index (κ1) is 15.7. The Hall–Kier alpha value is -3.86. The highest BCUT2D eigenvalue weighted by Gasteiger charge is 2.40. The summed E-state index contributed by atoms with van der Waals surface area (Å²) in [5.74, 6) is -0.376. The van der Waals surface area contributed by atoms with Gasteiger partial charge in [0.05, 0.1) is 35.1 Å². The van der Waals surface area contributed by atoms with E-state index in [1.54, 1.807) is 31.2 Å². The van der Waals surface area contributed by atoms with Crippen molar-refractivity contribution in [2.24, 2.45) is 0 Å². The molecule has 1 aromatic carbocycles. The van der Waals surface area contributed by atoms with E-state index in [0.717, 1.165) is 0 Å². The summed E-state index contributed by atoms with van der Waals surface area (Å²) >= 11 is 0. The zero-order valence-corrected chi connectivity index (χ0v) is 13.7. The summed E-state index contributed by atoms with van der Waals surface area (Å²) in [5.41, 5.74) is 1.53. The molecule has 0 saturated carbocycles. The second-order valence-electron chi connectivity index (χ2n) is 5.75. The van der Waals surface area contributed by atoms with Gasteiger partial charge in [0.1, 0.15) is 11.8 Å². The predicted octanol–water partition coefficient (Wildman–Crippen LogP) is 1.89. The molecule has 0 saturated heterocycles. The lowest BCUT2D eigenvalue weighted by Gasteiger charge is -2.23. The molecular weight excluding hydrogens is 332 g/mol. The minimum atomic E-state index is -0.652. The van der Waals surface area contributed by atoms with Gasteiger partial charge in [0.15, 0.2) is 5.82 Å².